The van der Waals surface area contributed by atoms with Crippen molar-refractivity contribution in [3.63, 3.8) is 0 Å². The Hall–Kier alpha value is -1.98. The Labute approximate surface area is 145 Å². The minimum absolute atomic E-state index is 0.147. The highest BCUT2D eigenvalue weighted by Gasteiger charge is 2.23. The molecule has 3 heterocycles. The summed E-state index contributed by atoms with van der Waals surface area (Å²) < 4.78 is 0. The average Bonchev–Trinajstić information content (AvgIpc) is 3.02. The lowest BCUT2D eigenvalue weighted by Gasteiger charge is -2.33. The van der Waals surface area contributed by atoms with E-state index < -0.39 is 0 Å². The molecule has 1 aliphatic rings. The van der Waals surface area contributed by atoms with Gasteiger partial charge in [0.1, 0.15) is 4.83 Å². The van der Waals surface area contributed by atoms with Gasteiger partial charge in [-0.15, -0.1) is 11.3 Å². The summed E-state index contributed by atoms with van der Waals surface area (Å²) in [4.78, 5) is 23.6. The van der Waals surface area contributed by atoms with Crippen LogP contribution < -0.4 is 0 Å². The first-order valence-electron chi connectivity index (χ1n) is 8.46. The Kier molecular flexibility index (Phi) is 3.98. The minimum atomic E-state index is 0.147. The Morgan fingerprint density at radius 3 is 2.67 bits per heavy atom. The number of nitrogens with zero attached hydrogens (tertiary/aromatic N) is 3. The number of benzene rings is 1. The Morgan fingerprint density at radius 1 is 1.12 bits per heavy atom. The fraction of sp³-hybridized carbons (Fsp3) is 0.368. The summed E-state index contributed by atoms with van der Waals surface area (Å²) in [5, 5.41) is 2.20. The van der Waals surface area contributed by atoms with Crippen LogP contribution in [-0.4, -0.2) is 53.4 Å². The van der Waals surface area contributed by atoms with E-state index in [-0.39, 0.29) is 5.91 Å². The van der Waals surface area contributed by atoms with Crippen LogP contribution in [0.4, 0.5) is 0 Å². The lowest BCUT2D eigenvalue weighted by atomic mass is 10.1. The van der Waals surface area contributed by atoms with E-state index in [9.17, 15) is 4.79 Å². The van der Waals surface area contributed by atoms with Crippen molar-refractivity contribution in [1.82, 2.24) is 14.8 Å². The van der Waals surface area contributed by atoms with E-state index in [1.165, 1.54) is 16.9 Å². The number of aryl methyl sites for hydroxylation is 1. The Morgan fingerprint density at radius 2 is 1.92 bits per heavy atom. The molecule has 0 saturated carbocycles. The third-order valence-corrected chi connectivity index (χ3v) is 5.81. The first-order valence-corrected chi connectivity index (χ1v) is 9.28. The maximum Gasteiger partial charge on any atom is 0.264 e. The van der Waals surface area contributed by atoms with E-state index in [4.69, 9.17) is 4.98 Å². The van der Waals surface area contributed by atoms with Crippen molar-refractivity contribution >= 4 is 38.4 Å². The molecule has 4 nitrogen and oxygen atoms in total. The van der Waals surface area contributed by atoms with E-state index in [2.05, 4.69) is 43.0 Å². The fourth-order valence-corrected chi connectivity index (χ4v) is 4.27. The Bertz CT molecular complexity index is 910. The quantitative estimate of drug-likeness (QED) is 0.716. The molecule has 1 amide bonds. The normalized spacial score (nSPS) is 16.2. The summed E-state index contributed by atoms with van der Waals surface area (Å²) in [6.45, 7) is 8.87. The van der Waals surface area contributed by atoms with Crippen molar-refractivity contribution in [2.75, 3.05) is 32.7 Å². The zero-order valence-electron chi connectivity index (χ0n) is 14.1. The second-order valence-electron chi connectivity index (χ2n) is 6.42. The molecule has 0 atom stereocenters. The minimum Gasteiger partial charge on any atom is -0.335 e. The van der Waals surface area contributed by atoms with Gasteiger partial charge in [-0.2, -0.15) is 0 Å². The van der Waals surface area contributed by atoms with Gasteiger partial charge < -0.3 is 9.80 Å². The fourth-order valence-electron chi connectivity index (χ4n) is 3.28. The van der Waals surface area contributed by atoms with Gasteiger partial charge in [0.25, 0.3) is 5.91 Å². The molecule has 0 unspecified atom stereocenters. The number of piperazine rings is 1. The molecule has 2 aromatic heterocycles. The molecule has 0 N–H and O–H groups in total. The zero-order valence-corrected chi connectivity index (χ0v) is 14.9. The van der Waals surface area contributed by atoms with Crippen molar-refractivity contribution in [3.05, 3.63) is 40.8 Å². The van der Waals surface area contributed by atoms with Gasteiger partial charge in [-0.25, -0.2) is 4.98 Å². The van der Waals surface area contributed by atoms with E-state index in [1.54, 1.807) is 0 Å². The van der Waals surface area contributed by atoms with E-state index >= 15 is 0 Å². The summed E-state index contributed by atoms with van der Waals surface area (Å²) in [5.74, 6) is 0.147. The molecule has 1 saturated heterocycles. The summed E-state index contributed by atoms with van der Waals surface area (Å²) in [5.41, 5.74) is 2.22. The number of carbonyl (C=O) groups is 1. The van der Waals surface area contributed by atoms with Crippen LogP contribution in [0.3, 0.4) is 0 Å². The molecular weight excluding hydrogens is 318 g/mol. The number of fused-ring (bicyclic) bond motifs is 2. The topological polar surface area (TPSA) is 36.4 Å². The van der Waals surface area contributed by atoms with Crippen molar-refractivity contribution in [2.45, 2.75) is 13.8 Å². The molecule has 3 aromatic rings. The van der Waals surface area contributed by atoms with Gasteiger partial charge in [0.2, 0.25) is 0 Å². The van der Waals surface area contributed by atoms with Crippen molar-refractivity contribution in [2.24, 2.45) is 0 Å². The standard InChI is InChI=1S/C19H21N3OS/c1-3-21-6-8-22(9-7-21)19(23)17-12-15-11-14-10-13(2)4-5-16(14)20-18(15)24-17/h4-5,10-12H,3,6-9H2,1-2H3. The van der Waals surface area contributed by atoms with Crippen LogP contribution in [0, 0.1) is 6.92 Å². The summed E-state index contributed by atoms with van der Waals surface area (Å²) in [7, 11) is 0. The lowest BCUT2D eigenvalue weighted by molar-refractivity contribution is 0.0648. The van der Waals surface area contributed by atoms with Crippen LogP contribution in [0.25, 0.3) is 21.1 Å². The van der Waals surface area contributed by atoms with Gasteiger partial charge in [0.05, 0.1) is 10.4 Å². The molecule has 124 valence electrons. The first-order chi connectivity index (χ1) is 11.6. The van der Waals surface area contributed by atoms with E-state index in [0.29, 0.717) is 0 Å². The number of thiophene rings is 1. The maximum absolute atomic E-state index is 12.8. The van der Waals surface area contributed by atoms with Crippen molar-refractivity contribution < 1.29 is 4.79 Å². The van der Waals surface area contributed by atoms with Gasteiger partial charge in [0, 0.05) is 37.0 Å². The predicted octanol–water partition coefficient (Wildman–Crippen LogP) is 3.54. The number of rotatable bonds is 2. The number of amides is 1. The molecule has 0 radical (unpaired) electrons. The number of aromatic nitrogens is 1. The highest BCUT2D eigenvalue weighted by molar-refractivity contribution is 7.20. The predicted molar refractivity (Wildman–Crippen MR) is 99.9 cm³/mol. The van der Waals surface area contributed by atoms with Crippen LogP contribution in [0.2, 0.25) is 0 Å². The molecule has 24 heavy (non-hydrogen) atoms. The Balaban J connectivity index is 1.64. The summed E-state index contributed by atoms with van der Waals surface area (Å²) in [6.07, 6.45) is 0. The number of carbonyl (C=O) groups excluding carboxylic acids is 1. The number of pyridine rings is 1. The third kappa shape index (κ3) is 2.78. The highest BCUT2D eigenvalue weighted by Crippen LogP contribution is 2.29. The molecule has 5 heteroatoms. The van der Waals surface area contributed by atoms with Crippen LogP contribution in [-0.2, 0) is 0 Å². The van der Waals surface area contributed by atoms with E-state index in [0.717, 1.165) is 58.7 Å². The third-order valence-electron chi connectivity index (χ3n) is 4.77. The van der Waals surface area contributed by atoms with Crippen LogP contribution >= 0.6 is 11.3 Å². The van der Waals surface area contributed by atoms with Crippen LogP contribution in [0.15, 0.2) is 30.3 Å². The number of likely N-dealkylation sites (N-methyl/N-ethyl adjacent to an activating group) is 1. The zero-order chi connectivity index (χ0) is 16.7. The molecule has 1 aromatic carbocycles. The van der Waals surface area contributed by atoms with Gasteiger partial charge >= 0.3 is 0 Å². The number of hydrogen-bond acceptors (Lipinski definition) is 4. The first kappa shape index (κ1) is 15.5. The second-order valence-corrected chi connectivity index (χ2v) is 7.45. The SMILES string of the molecule is CCN1CCN(C(=O)c2cc3cc4cc(C)ccc4nc3s2)CC1. The molecule has 4 rings (SSSR count). The molecule has 1 fully saturated rings. The highest BCUT2D eigenvalue weighted by atomic mass is 32.1. The molecule has 0 spiro atoms. The van der Waals surface area contributed by atoms with Gasteiger partial charge in [-0.05, 0) is 37.7 Å². The van der Waals surface area contributed by atoms with Crippen LogP contribution in [0.5, 0.6) is 0 Å². The lowest BCUT2D eigenvalue weighted by Crippen LogP contribution is -2.48. The van der Waals surface area contributed by atoms with Crippen molar-refractivity contribution in [1.29, 1.82) is 0 Å². The monoisotopic (exact) mass is 339 g/mol. The second kappa shape index (κ2) is 6.15. The molecule has 0 aliphatic carbocycles. The summed E-state index contributed by atoms with van der Waals surface area (Å²) in [6, 6.07) is 10.4. The van der Waals surface area contributed by atoms with Crippen molar-refractivity contribution in [3.8, 4) is 0 Å². The molecule has 0 bridgehead atoms. The largest absolute Gasteiger partial charge is 0.335 e. The summed E-state index contributed by atoms with van der Waals surface area (Å²) >= 11 is 1.51. The smallest absolute Gasteiger partial charge is 0.264 e. The van der Waals surface area contributed by atoms with Gasteiger partial charge in [-0.3, -0.25) is 4.79 Å². The van der Waals surface area contributed by atoms with E-state index in [1.807, 2.05) is 11.0 Å². The van der Waals surface area contributed by atoms with Crippen LogP contribution in [0.1, 0.15) is 22.2 Å². The molecular formula is C19H21N3OS. The molecule has 1 aliphatic heterocycles. The van der Waals surface area contributed by atoms with Gasteiger partial charge in [-0.1, -0.05) is 18.6 Å². The maximum atomic E-state index is 12.8. The average molecular weight is 339 g/mol. The number of hydrogen-bond donors (Lipinski definition) is 0. The van der Waals surface area contributed by atoms with Gasteiger partial charge in [0.15, 0.2) is 0 Å².